The summed E-state index contributed by atoms with van der Waals surface area (Å²) in [5, 5.41) is 3.38. The Labute approximate surface area is 84.9 Å². The zero-order valence-electron chi connectivity index (χ0n) is 8.42. The standard InChI is InChI=1S/C12H16N2/c1-2-11-9-12(4-3-10(1)11)14-7-5-13-6-8-14/h3-4,9,13H,1-2,5-8H2. The van der Waals surface area contributed by atoms with Gasteiger partial charge >= 0.3 is 0 Å². The van der Waals surface area contributed by atoms with Gasteiger partial charge in [-0.2, -0.15) is 0 Å². The van der Waals surface area contributed by atoms with Crippen molar-refractivity contribution in [1.82, 2.24) is 5.32 Å². The van der Waals surface area contributed by atoms with Gasteiger partial charge < -0.3 is 10.2 Å². The highest BCUT2D eigenvalue weighted by atomic mass is 15.2. The Morgan fingerprint density at radius 2 is 1.79 bits per heavy atom. The number of aryl methyl sites for hydroxylation is 2. The van der Waals surface area contributed by atoms with Crippen LogP contribution in [-0.2, 0) is 12.8 Å². The summed E-state index contributed by atoms with van der Waals surface area (Å²) in [5.74, 6) is 0. The fraction of sp³-hybridized carbons (Fsp3) is 0.500. The van der Waals surface area contributed by atoms with Crippen LogP contribution < -0.4 is 10.2 Å². The summed E-state index contributed by atoms with van der Waals surface area (Å²) < 4.78 is 0. The third-order valence-electron chi connectivity index (χ3n) is 3.34. The third-order valence-corrected chi connectivity index (χ3v) is 3.34. The van der Waals surface area contributed by atoms with Crippen molar-refractivity contribution in [2.45, 2.75) is 12.8 Å². The van der Waals surface area contributed by atoms with Crippen LogP contribution in [0.5, 0.6) is 0 Å². The van der Waals surface area contributed by atoms with Gasteiger partial charge in [0.05, 0.1) is 0 Å². The first-order valence-corrected chi connectivity index (χ1v) is 5.51. The lowest BCUT2D eigenvalue weighted by molar-refractivity contribution is 0.588. The van der Waals surface area contributed by atoms with Crippen molar-refractivity contribution in [3.05, 3.63) is 29.3 Å². The second-order valence-corrected chi connectivity index (χ2v) is 4.19. The molecule has 1 heterocycles. The Bertz CT molecular complexity index is 340. The van der Waals surface area contributed by atoms with Gasteiger partial charge in [-0.05, 0) is 36.1 Å². The van der Waals surface area contributed by atoms with E-state index in [1.165, 1.54) is 18.5 Å². The Balaban J connectivity index is 1.84. The van der Waals surface area contributed by atoms with Crippen molar-refractivity contribution in [2.75, 3.05) is 31.1 Å². The maximum atomic E-state index is 3.38. The van der Waals surface area contributed by atoms with E-state index < -0.39 is 0 Å². The van der Waals surface area contributed by atoms with E-state index in [9.17, 15) is 0 Å². The lowest BCUT2D eigenvalue weighted by Crippen LogP contribution is -2.43. The lowest BCUT2D eigenvalue weighted by Gasteiger charge is -2.31. The number of nitrogens with one attached hydrogen (secondary N) is 1. The van der Waals surface area contributed by atoms with Gasteiger partial charge in [0.1, 0.15) is 0 Å². The molecule has 1 aromatic rings. The monoisotopic (exact) mass is 188 g/mol. The smallest absolute Gasteiger partial charge is 0.0370 e. The third kappa shape index (κ3) is 1.30. The van der Waals surface area contributed by atoms with Gasteiger partial charge in [0.25, 0.3) is 0 Å². The number of rotatable bonds is 1. The molecule has 1 N–H and O–H groups in total. The number of benzene rings is 1. The van der Waals surface area contributed by atoms with Crippen LogP contribution in [0.15, 0.2) is 18.2 Å². The summed E-state index contributed by atoms with van der Waals surface area (Å²) in [5.41, 5.74) is 4.55. The fourth-order valence-corrected chi connectivity index (χ4v) is 2.30. The number of fused-ring (bicyclic) bond motifs is 1. The molecule has 0 radical (unpaired) electrons. The van der Waals surface area contributed by atoms with E-state index in [2.05, 4.69) is 28.4 Å². The molecule has 1 aromatic carbocycles. The van der Waals surface area contributed by atoms with Crippen molar-refractivity contribution >= 4 is 5.69 Å². The molecule has 0 aromatic heterocycles. The van der Waals surface area contributed by atoms with Crippen LogP contribution in [0.2, 0.25) is 0 Å². The second-order valence-electron chi connectivity index (χ2n) is 4.19. The van der Waals surface area contributed by atoms with Gasteiger partial charge in [-0.1, -0.05) is 6.07 Å². The molecule has 0 atom stereocenters. The minimum Gasteiger partial charge on any atom is -0.369 e. The van der Waals surface area contributed by atoms with Crippen molar-refractivity contribution < 1.29 is 0 Å². The molecule has 2 nitrogen and oxygen atoms in total. The highest BCUT2D eigenvalue weighted by molar-refractivity contribution is 5.54. The highest BCUT2D eigenvalue weighted by Gasteiger charge is 2.16. The van der Waals surface area contributed by atoms with E-state index in [1.807, 2.05) is 0 Å². The molecule has 1 saturated heterocycles. The molecule has 2 aliphatic rings. The molecular weight excluding hydrogens is 172 g/mol. The number of hydrogen-bond acceptors (Lipinski definition) is 2. The first-order chi connectivity index (χ1) is 6.93. The largest absolute Gasteiger partial charge is 0.369 e. The van der Waals surface area contributed by atoms with Crippen molar-refractivity contribution in [3.63, 3.8) is 0 Å². The molecule has 0 amide bonds. The number of piperazine rings is 1. The zero-order valence-corrected chi connectivity index (χ0v) is 8.42. The first kappa shape index (κ1) is 8.30. The van der Waals surface area contributed by atoms with Crippen molar-refractivity contribution in [1.29, 1.82) is 0 Å². The summed E-state index contributed by atoms with van der Waals surface area (Å²) in [6.07, 6.45) is 2.58. The SMILES string of the molecule is c1cc2c(cc1N1CCNCC1)CC2. The molecule has 0 spiro atoms. The predicted octanol–water partition coefficient (Wildman–Crippen LogP) is 1.19. The minimum atomic E-state index is 1.12. The molecule has 14 heavy (non-hydrogen) atoms. The number of hydrogen-bond donors (Lipinski definition) is 1. The van der Waals surface area contributed by atoms with Crippen LogP contribution in [0.1, 0.15) is 11.1 Å². The Hall–Kier alpha value is -1.02. The highest BCUT2D eigenvalue weighted by Crippen LogP contribution is 2.27. The van der Waals surface area contributed by atoms with Crippen LogP contribution in [0.25, 0.3) is 0 Å². The van der Waals surface area contributed by atoms with Gasteiger partial charge in [0.15, 0.2) is 0 Å². The van der Waals surface area contributed by atoms with Crippen LogP contribution in [0.3, 0.4) is 0 Å². The maximum absolute atomic E-state index is 3.38. The Morgan fingerprint density at radius 1 is 1.00 bits per heavy atom. The quantitative estimate of drug-likeness (QED) is 0.712. The Morgan fingerprint density at radius 3 is 2.43 bits per heavy atom. The molecule has 74 valence electrons. The molecule has 1 aliphatic carbocycles. The van der Waals surface area contributed by atoms with E-state index in [4.69, 9.17) is 0 Å². The van der Waals surface area contributed by atoms with E-state index in [1.54, 1.807) is 11.1 Å². The molecule has 1 aliphatic heterocycles. The van der Waals surface area contributed by atoms with Crippen LogP contribution in [-0.4, -0.2) is 26.2 Å². The zero-order chi connectivity index (χ0) is 9.38. The summed E-state index contributed by atoms with van der Waals surface area (Å²) in [4.78, 5) is 2.48. The van der Waals surface area contributed by atoms with Gasteiger partial charge in [-0.3, -0.25) is 0 Å². The number of anilines is 1. The summed E-state index contributed by atoms with van der Waals surface area (Å²) in [7, 11) is 0. The van der Waals surface area contributed by atoms with Crippen LogP contribution in [0.4, 0.5) is 5.69 Å². The average Bonchev–Trinajstić information content (AvgIpc) is 2.21. The van der Waals surface area contributed by atoms with Gasteiger partial charge in [-0.25, -0.2) is 0 Å². The van der Waals surface area contributed by atoms with E-state index in [0.717, 1.165) is 26.2 Å². The molecule has 3 rings (SSSR count). The Kier molecular flexibility index (Phi) is 1.95. The molecular formula is C12H16N2. The molecule has 0 unspecified atom stereocenters. The maximum Gasteiger partial charge on any atom is 0.0370 e. The fourth-order valence-electron chi connectivity index (χ4n) is 2.30. The van der Waals surface area contributed by atoms with Gasteiger partial charge in [0.2, 0.25) is 0 Å². The average molecular weight is 188 g/mol. The van der Waals surface area contributed by atoms with Crippen LogP contribution >= 0.6 is 0 Å². The number of nitrogens with zero attached hydrogens (tertiary/aromatic N) is 1. The van der Waals surface area contributed by atoms with Crippen LogP contribution in [0, 0.1) is 0 Å². The van der Waals surface area contributed by atoms with Crippen molar-refractivity contribution in [2.24, 2.45) is 0 Å². The topological polar surface area (TPSA) is 15.3 Å². The molecule has 1 fully saturated rings. The summed E-state index contributed by atoms with van der Waals surface area (Å²) >= 11 is 0. The first-order valence-electron chi connectivity index (χ1n) is 5.51. The van der Waals surface area contributed by atoms with Crippen molar-refractivity contribution in [3.8, 4) is 0 Å². The lowest BCUT2D eigenvalue weighted by atomic mass is 9.88. The van der Waals surface area contributed by atoms with E-state index in [-0.39, 0.29) is 0 Å². The summed E-state index contributed by atoms with van der Waals surface area (Å²) in [6.45, 7) is 4.55. The summed E-state index contributed by atoms with van der Waals surface area (Å²) in [6, 6.07) is 6.96. The minimum absolute atomic E-state index is 1.12. The normalized spacial score (nSPS) is 20.1. The van der Waals surface area contributed by atoms with Gasteiger partial charge in [-0.15, -0.1) is 0 Å². The van der Waals surface area contributed by atoms with E-state index in [0.29, 0.717) is 0 Å². The molecule has 2 heteroatoms. The second kappa shape index (κ2) is 3.28. The van der Waals surface area contributed by atoms with E-state index >= 15 is 0 Å². The predicted molar refractivity (Wildman–Crippen MR) is 58.9 cm³/mol. The molecule has 0 saturated carbocycles. The van der Waals surface area contributed by atoms with Gasteiger partial charge in [0, 0.05) is 31.9 Å². The molecule has 0 bridgehead atoms.